The molecule has 1 aromatic carbocycles. The van der Waals surface area contributed by atoms with E-state index in [-0.39, 0.29) is 5.41 Å². The minimum absolute atomic E-state index is 0.146. The van der Waals surface area contributed by atoms with Crippen molar-refractivity contribution >= 4 is 0 Å². The van der Waals surface area contributed by atoms with Gasteiger partial charge in [-0.15, -0.1) is 0 Å². The number of hydrogen-bond acceptors (Lipinski definition) is 3. The van der Waals surface area contributed by atoms with Crippen molar-refractivity contribution in [3.8, 4) is 0 Å². The number of hydrogen-bond donors (Lipinski definition) is 1. The molecule has 0 aromatic heterocycles. The van der Waals surface area contributed by atoms with Crippen LogP contribution in [0.15, 0.2) is 24.3 Å². The van der Waals surface area contributed by atoms with Gasteiger partial charge in [-0.2, -0.15) is 0 Å². The van der Waals surface area contributed by atoms with Gasteiger partial charge in [0.2, 0.25) is 0 Å². The van der Waals surface area contributed by atoms with Gasteiger partial charge in [-0.05, 0) is 63.4 Å². The Morgan fingerprint density at radius 2 is 1.88 bits per heavy atom. The summed E-state index contributed by atoms with van der Waals surface area (Å²) >= 11 is 0. The van der Waals surface area contributed by atoms with E-state index in [9.17, 15) is 5.11 Å². The summed E-state index contributed by atoms with van der Waals surface area (Å²) in [6.07, 6.45) is 7.30. The van der Waals surface area contributed by atoms with Crippen molar-refractivity contribution in [2.24, 2.45) is 5.41 Å². The highest BCUT2D eigenvalue weighted by Gasteiger charge is 2.46. The SMILES string of the molecule is CCCCc1ccc(CN2CC[C@@]3(CO)CCCN(C)[C@@H]3C2)cc1. The first-order valence-corrected chi connectivity index (χ1v) is 9.78. The number of benzene rings is 1. The molecule has 134 valence electrons. The van der Waals surface area contributed by atoms with Gasteiger partial charge in [-0.25, -0.2) is 0 Å². The van der Waals surface area contributed by atoms with Gasteiger partial charge in [0.05, 0.1) is 6.61 Å². The molecule has 2 atom stereocenters. The van der Waals surface area contributed by atoms with Gasteiger partial charge >= 0.3 is 0 Å². The summed E-state index contributed by atoms with van der Waals surface area (Å²) in [6.45, 7) is 7.02. The van der Waals surface area contributed by atoms with Crippen molar-refractivity contribution in [2.75, 3.05) is 33.3 Å². The van der Waals surface area contributed by atoms with E-state index >= 15 is 0 Å². The lowest BCUT2D eigenvalue weighted by Crippen LogP contribution is -2.61. The highest BCUT2D eigenvalue weighted by atomic mass is 16.3. The molecule has 2 saturated heterocycles. The molecular weight excluding hydrogens is 296 g/mol. The molecular formula is C21H34N2O. The quantitative estimate of drug-likeness (QED) is 0.867. The maximum atomic E-state index is 10.0. The lowest BCUT2D eigenvalue weighted by atomic mass is 9.69. The maximum absolute atomic E-state index is 10.0. The van der Waals surface area contributed by atoms with Crippen LogP contribution in [0.2, 0.25) is 0 Å². The van der Waals surface area contributed by atoms with Crippen LogP contribution in [-0.2, 0) is 13.0 Å². The molecule has 1 aromatic rings. The third-order valence-electron chi connectivity index (χ3n) is 6.34. The number of fused-ring (bicyclic) bond motifs is 1. The Balaban J connectivity index is 1.60. The fourth-order valence-electron chi connectivity index (χ4n) is 4.67. The van der Waals surface area contributed by atoms with Crippen molar-refractivity contribution in [3.05, 3.63) is 35.4 Å². The molecule has 1 N–H and O–H groups in total. The van der Waals surface area contributed by atoms with Crippen molar-refractivity contribution in [3.63, 3.8) is 0 Å². The Hall–Kier alpha value is -0.900. The Labute approximate surface area is 147 Å². The summed E-state index contributed by atoms with van der Waals surface area (Å²) in [4.78, 5) is 5.07. The molecule has 3 rings (SSSR count). The second kappa shape index (κ2) is 7.99. The molecule has 0 unspecified atom stereocenters. The van der Waals surface area contributed by atoms with Crippen molar-refractivity contribution in [1.29, 1.82) is 0 Å². The van der Waals surface area contributed by atoms with E-state index in [2.05, 4.69) is 48.0 Å². The molecule has 0 spiro atoms. The summed E-state index contributed by atoms with van der Waals surface area (Å²) in [6, 6.07) is 9.74. The molecule has 2 aliphatic rings. The van der Waals surface area contributed by atoms with Crippen LogP contribution in [0.4, 0.5) is 0 Å². The lowest BCUT2D eigenvalue weighted by Gasteiger charge is -2.53. The van der Waals surface area contributed by atoms with E-state index in [4.69, 9.17) is 0 Å². The fraction of sp³-hybridized carbons (Fsp3) is 0.714. The molecule has 2 heterocycles. The zero-order chi connectivity index (χ0) is 17.0. The highest BCUT2D eigenvalue weighted by Crippen LogP contribution is 2.41. The van der Waals surface area contributed by atoms with Crippen LogP contribution in [0.3, 0.4) is 0 Å². The van der Waals surface area contributed by atoms with Crippen LogP contribution in [-0.4, -0.2) is 54.2 Å². The predicted octanol–water partition coefficient (Wildman–Crippen LogP) is 3.31. The van der Waals surface area contributed by atoms with Crippen LogP contribution < -0.4 is 0 Å². The Morgan fingerprint density at radius 3 is 2.58 bits per heavy atom. The van der Waals surface area contributed by atoms with E-state index < -0.39 is 0 Å². The van der Waals surface area contributed by atoms with Crippen LogP contribution in [0, 0.1) is 5.41 Å². The van der Waals surface area contributed by atoms with E-state index in [1.165, 1.54) is 49.8 Å². The number of unbranched alkanes of at least 4 members (excludes halogenated alkanes) is 1. The number of aliphatic hydroxyl groups excluding tert-OH is 1. The Bertz CT molecular complexity index is 515. The number of likely N-dealkylation sites (N-methyl/N-ethyl adjacent to an activating group) is 1. The van der Waals surface area contributed by atoms with E-state index in [0.717, 1.165) is 26.1 Å². The largest absolute Gasteiger partial charge is 0.396 e. The van der Waals surface area contributed by atoms with Gasteiger partial charge in [-0.3, -0.25) is 4.90 Å². The summed E-state index contributed by atoms with van der Waals surface area (Å²) in [5, 5.41) is 10.0. The van der Waals surface area contributed by atoms with Crippen LogP contribution in [0.5, 0.6) is 0 Å². The van der Waals surface area contributed by atoms with Crippen LogP contribution in [0.25, 0.3) is 0 Å². The topological polar surface area (TPSA) is 26.7 Å². The Morgan fingerprint density at radius 1 is 1.12 bits per heavy atom. The first-order valence-electron chi connectivity index (χ1n) is 9.78. The van der Waals surface area contributed by atoms with Gasteiger partial charge in [0, 0.05) is 24.5 Å². The molecule has 3 heteroatoms. The molecule has 0 saturated carbocycles. The van der Waals surface area contributed by atoms with Crippen molar-refractivity contribution in [2.45, 2.75) is 58.0 Å². The molecule has 0 aliphatic carbocycles. The number of likely N-dealkylation sites (tertiary alicyclic amines) is 2. The minimum atomic E-state index is 0.146. The molecule has 2 aliphatic heterocycles. The smallest absolute Gasteiger partial charge is 0.0503 e. The molecule has 0 radical (unpaired) electrons. The van der Waals surface area contributed by atoms with E-state index in [1.807, 2.05) is 0 Å². The van der Waals surface area contributed by atoms with Crippen LogP contribution in [0.1, 0.15) is 50.2 Å². The predicted molar refractivity (Wildman–Crippen MR) is 100 cm³/mol. The number of aryl methyl sites for hydroxylation is 1. The molecule has 0 bridgehead atoms. The number of piperidine rings is 2. The first-order chi connectivity index (χ1) is 11.7. The molecule has 0 amide bonds. The van der Waals surface area contributed by atoms with Gasteiger partial charge in [0.15, 0.2) is 0 Å². The third kappa shape index (κ3) is 3.84. The lowest BCUT2D eigenvalue weighted by molar-refractivity contribution is -0.0684. The summed E-state index contributed by atoms with van der Waals surface area (Å²) in [7, 11) is 2.24. The second-order valence-electron chi connectivity index (χ2n) is 8.03. The Kier molecular flexibility index (Phi) is 5.96. The normalized spacial score (nSPS) is 28.7. The van der Waals surface area contributed by atoms with Gasteiger partial charge < -0.3 is 10.0 Å². The summed E-state index contributed by atoms with van der Waals surface area (Å²) in [5.74, 6) is 0. The van der Waals surface area contributed by atoms with Crippen molar-refractivity contribution in [1.82, 2.24) is 9.80 Å². The number of aliphatic hydroxyl groups is 1. The minimum Gasteiger partial charge on any atom is -0.396 e. The van der Waals surface area contributed by atoms with Crippen molar-refractivity contribution < 1.29 is 5.11 Å². The standard InChI is InChI=1S/C21H34N2O/c1-3-4-6-18-7-9-19(10-8-18)15-23-14-12-21(17-24)11-5-13-22(2)20(21)16-23/h7-10,20,24H,3-6,11-17H2,1-2H3/t20-,21-/m1/s1. The van der Waals surface area contributed by atoms with E-state index in [0.29, 0.717) is 12.6 Å². The van der Waals surface area contributed by atoms with Gasteiger partial charge in [0.25, 0.3) is 0 Å². The monoisotopic (exact) mass is 330 g/mol. The zero-order valence-electron chi connectivity index (χ0n) is 15.5. The first kappa shape index (κ1) is 17.9. The summed E-state index contributed by atoms with van der Waals surface area (Å²) < 4.78 is 0. The average Bonchev–Trinajstić information content (AvgIpc) is 2.62. The molecule has 2 fully saturated rings. The van der Waals surface area contributed by atoms with E-state index in [1.54, 1.807) is 0 Å². The number of nitrogens with zero attached hydrogens (tertiary/aromatic N) is 2. The summed E-state index contributed by atoms with van der Waals surface area (Å²) in [5.41, 5.74) is 3.03. The molecule has 3 nitrogen and oxygen atoms in total. The third-order valence-corrected chi connectivity index (χ3v) is 6.34. The molecule has 24 heavy (non-hydrogen) atoms. The zero-order valence-corrected chi connectivity index (χ0v) is 15.5. The van der Waals surface area contributed by atoms with Gasteiger partial charge in [-0.1, -0.05) is 37.6 Å². The number of rotatable bonds is 6. The fourth-order valence-corrected chi connectivity index (χ4v) is 4.67. The second-order valence-corrected chi connectivity index (χ2v) is 8.03. The van der Waals surface area contributed by atoms with Gasteiger partial charge in [0.1, 0.15) is 0 Å². The van der Waals surface area contributed by atoms with Crippen LogP contribution >= 0.6 is 0 Å². The highest BCUT2D eigenvalue weighted by molar-refractivity contribution is 5.22. The average molecular weight is 331 g/mol. The maximum Gasteiger partial charge on any atom is 0.0503 e.